The van der Waals surface area contributed by atoms with Gasteiger partial charge in [-0.2, -0.15) is 0 Å². The first-order chi connectivity index (χ1) is 7.47. The van der Waals surface area contributed by atoms with E-state index in [0.29, 0.717) is 6.10 Å². The van der Waals surface area contributed by atoms with Gasteiger partial charge in [0.2, 0.25) is 0 Å². The van der Waals surface area contributed by atoms with Gasteiger partial charge in [0.15, 0.2) is 0 Å². The molecule has 0 amide bonds. The normalized spacial score (nSPS) is 20.2. The molecule has 1 fully saturated rings. The fourth-order valence-electron chi connectivity index (χ4n) is 1.90. The van der Waals surface area contributed by atoms with Crippen LogP contribution in [-0.2, 0) is 4.74 Å². The Morgan fingerprint density at radius 2 is 1.88 bits per heavy atom. The van der Waals surface area contributed by atoms with E-state index in [-0.39, 0.29) is 5.54 Å². The third kappa shape index (κ3) is 6.46. The Labute approximate surface area is 101 Å². The second-order valence-corrected chi connectivity index (χ2v) is 5.86. The van der Waals surface area contributed by atoms with Gasteiger partial charge in [-0.3, -0.25) is 0 Å². The second-order valence-electron chi connectivity index (χ2n) is 5.86. The summed E-state index contributed by atoms with van der Waals surface area (Å²) in [5.74, 6) is 0. The minimum absolute atomic E-state index is 0.187. The monoisotopic (exact) mass is 228 g/mol. The van der Waals surface area contributed by atoms with Gasteiger partial charge in [0.05, 0.1) is 12.7 Å². The zero-order chi connectivity index (χ0) is 12.0. The van der Waals surface area contributed by atoms with Gasteiger partial charge in [-0.15, -0.1) is 0 Å². The van der Waals surface area contributed by atoms with Crippen LogP contribution >= 0.6 is 0 Å². The predicted octanol–water partition coefficient (Wildman–Crippen LogP) is 1.88. The lowest BCUT2D eigenvalue weighted by molar-refractivity contribution is 0.0487. The van der Waals surface area contributed by atoms with E-state index in [1.54, 1.807) is 0 Å². The standard InChI is InChI=1S/C13H28N2O/c1-12(11-14-13(2,3)4)16-10-9-15-7-5-6-8-15/h12,14H,5-11H2,1-4H3. The highest BCUT2D eigenvalue weighted by Crippen LogP contribution is 2.06. The highest BCUT2D eigenvalue weighted by molar-refractivity contribution is 4.72. The first kappa shape index (κ1) is 13.9. The first-order valence-electron chi connectivity index (χ1n) is 6.56. The smallest absolute Gasteiger partial charge is 0.0672 e. The molecule has 16 heavy (non-hydrogen) atoms. The molecule has 0 aromatic carbocycles. The van der Waals surface area contributed by atoms with Crippen LogP contribution < -0.4 is 5.32 Å². The maximum atomic E-state index is 5.80. The predicted molar refractivity (Wildman–Crippen MR) is 68.8 cm³/mol. The summed E-state index contributed by atoms with van der Waals surface area (Å²) in [4.78, 5) is 2.49. The molecule has 1 aliphatic rings. The molecule has 1 aliphatic heterocycles. The third-order valence-electron chi connectivity index (χ3n) is 2.93. The Hall–Kier alpha value is -0.120. The van der Waals surface area contributed by atoms with Crippen LogP contribution in [-0.4, -0.2) is 49.3 Å². The molecule has 3 heteroatoms. The molecule has 0 aromatic heterocycles. The van der Waals surface area contributed by atoms with Crippen molar-refractivity contribution in [3.05, 3.63) is 0 Å². The zero-order valence-electron chi connectivity index (χ0n) is 11.4. The van der Waals surface area contributed by atoms with Crippen molar-refractivity contribution in [1.82, 2.24) is 10.2 Å². The molecule has 0 bridgehead atoms. The average molecular weight is 228 g/mol. The van der Waals surface area contributed by atoms with Crippen molar-refractivity contribution in [1.29, 1.82) is 0 Å². The van der Waals surface area contributed by atoms with E-state index in [0.717, 1.165) is 19.7 Å². The molecule has 0 radical (unpaired) electrons. The molecule has 1 saturated heterocycles. The lowest BCUT2D eigenvalue weighted by Gasteiger charge is -2.24. The van der Waals surface area contributed by atoms with Gasteiger partial charge in [-0.25, -0.2) is 0 Å². The maximum Gasteiger partial charge on any atom is 0.0672 e. The molecule has 0 aliphatic carbocycles. The van der Waals surface area contributed by atoms with Gasteiger partial charge < -0.3 is 15.0 Å². The van der Waals surface area contributed by atoms with Crippen molar-refractivity contribution in [3.8, 4) is 0 Å². The van der Waals surface area contributed by atoms with Crippen LogP contribution in [0.15, 0.2) is 0 Å². The van der Waals surface area contributed by atoms with Crippen molar-refractivity contribution in [2.45, 2.75) is 52.2 Å². The number of hydrogen-bond donors (Lipinski definition) is 1. The molecule has 96 valence electrons. The Kier molecular flexibility index (Phi) is 5.73. The number of nitrogens with one attached hydrogen (secondary N) is 1. The largest absolute Gasteiger partial charge is 0.376 e. The fraction of sp³-hybridized carbons (Fsp3) is 1.00. The number of rotatable bonds is 6. The summed E-state index contributed by atoms with van der Waals surface area (Å²) < 4.78 is 5.80. The van der Waals surface area contributed by atoms with Crippen LogP contribution in [0, 0.1) is 0 Å². The van der Waals surface area contributed by atoms with E-state index in [4.69, 9.17) is 4.74 Å². The Morgan fingerprint density at radius 3 is 2.44 bits per heavy atom. The maximum absolute atomic E-state index is 5.80. The summed E-state index contributed by atoms with van der Waals surface area (Å²) in [7, 11) is 0. The van der Waals surface area contributed by atoms with Crippen LogP contribution in [0.5, 0.6) is 0 Å². The molecular formula is C13H28N2O. The SMILES string of the molecule is CC(CNC(C)(C)C)OCCN1CCCC1. The minimum Gasteiger partial charge on any atom is -0.376 e. The van der Waals surface area contributed by atoms with Crippen molar-refractivity contribution in [2.75, 3.05) is 32.8 Å². The second kappa shape index (κ2) is 6.58. The Bertz CT molecular complexity index is 183. The van der Waals surface area contributed by atoms with Gasteiger partial charge in [0.1, 0.15) is 0 Å². The zero-order valence-corrected chi connectivity index (χ0v) is 11.4. The number of hydrogen-bond acceptors (Lipinski definition) is 3. The van der Waals surface area contributed by atoms with Gasteiger partial charge in [0, 0.05) is 18.6 Å². The summed E-state index contributed by atoms with van der Waals surface area (Å²) in [6.45, 7) is 14.1. The Balaban J connectivity index is 1.99. The summed E-state index contributed by atoms with van der Waals surface area (Å²) >= 11 is 0. The van der Waals surface area contributed by atoms with Crippen molar-refractivity contribution >= 4 is 0 Å². The highest BCUT2D eigenvalue weighted by Gasteiger charge is 2.13. The molecule has 0 spiro atoms. The van der Waals surface area contributed by atoms with Crippen molar-refractivity contribution < 1.29 is 4.74 Å². The molecule has 1 rings (SSSR count). The van der Waals surface area contributed by atoms with E-state index < -0.39 is 0 Å². The van der Waals surface area contributed by atoms with E-state index in [1.807, 2.05) is 0 Å². The van der Waals surface area contributed by atoms with Crippen LogP contribution in [0.2, 0.25) is 0 Å². The van der Waals surface area contributed by atoms with Gasteiger partial charge in [0.25, 0.3) is 0 Å². The average Bonchev–Trinajstić information content (AvgIpc) is 2.66. The molecule has 3 nitrogen and oxygen atoms in total. The summed E-state index contributed by atoms with van der Waals surface area (Å²) in [6.07, 6.45) is 3.03. The summed E-state index contributed by atoms with van der Waals surface area (Å²) in [5, 5.41) is 3.46. The lowest BCUT2D eigenvalue weighted by Crippen LogP contribution is -2.41. The van der Waals surface area contributed by atoms with Crippen LogP contribution in [0.25, 0.3) is 0 Å². The summed E-state index contributed by atoms with van der Waals surface area (Å²) in [6, 6.07) is 0. The van der Waals surface area contributed by atoms with Gasteiger partial charge in [-0.1, -0.05) is 0 Å². The van der Waals surface area contributed by atoms with Gasteiger partial charge >= 0.3 is 0 Å². The van der Waals surface area contributed by atoms with E-state index >= 15 is 0 Å². The van der Waals surface area contributed by atoms with Crippen molar-refractivity contribution in [2.24, 2.45) is 0 Å². The number of ether oxygens (including phenoxy) is 1. The topological polar surface area (TPSA) is 24.5 Å². The van der Waals surface area contributed by atoms with Crippen LogP contribution in [0.4, 0.5) is 0 Å². The number of nitrogens with zero attached hydrogens (tertiary/aromatic N) is 1. The van der Waals surface area contributed by atoms with E-state index in [9.17, 15) is 0 Å². The van der Waals surface area contributed by atoms with Crippen LogP contribution in [0.3, 0.4) is 0 Å². The fourth-order valence-corrected chi connectivity index (χ4v) is 1.90. The number of likely N-dealkylation sites (tertiary alicyclic amines) is 1. The summed E-state index contributed by atoms with van der Waals surface area (Å²) in [5.41, 5.74) is 0.187. The first-order valence-corrected chi connectivity index (χ1v) is 6.56. The minimum atomic E-state index is 0.187. The quantitative estimate of drug-likeness (QED) is 0.751. The van der Waals surface area contributed by atoms with E-state index in [1.165, 1.54) is 25.9 Å². The van der Waals surface area contributed by atoms with Crippen molar-refractivity contribution in [3.63, 3.8) is 0 Å². The van der Waals surface area contributed by atoms with E-state index in [2.05, 4.69) is 37.9 Å². The molecule has 1 atom stereocenters. The molecular weight excluding hydrogens is 200 g/mol. The third-order valence-corrected chi connectivity index (χ3v) is 2.93. The molecule has 0 saturated carbocycles. The molecule has 0 aromatic rings. The molecule has 1 N–H and O–H groups in total. The van der Waals surface area contributed by atoms with Gasteiger partial charge in [-0.05, 0) is 53.6 Å². The lowest BCUT2D eigenvalue weighted by atomic mass is 10.1. The van der Waals surface area contributed by atoms with Crippen LogP contribution in [0.1, 0.15) is 40.5 Å². The Morgan fingerprint density at radius 1 is 1.25 bits per heavy atom. The highest BCUT2D eigenvalue weighted by atomic mass is 16.5. The molecule has 1 unspecified atom stereocenters. The molecule has 1 heterocycles.